The molecule has 8 heteroatoms. The lowest BCUT2D eigenvalue weighted by Crippen LogP contribution is -2.40. The van der Waals surface area contributed by atoms with Crippen LogP contribution in [-0.2, 0) is 6.18 Å². The number of halogens is 3. The van der Waals surface area contributed by atoms with Crippen LogP contribution in [0.3, 0.4) is 0 Å². The number of carbonyl (C=O) groups is 1. The van der Waals surface area contributed by atoms with Gasteiger partial charge in [0.2, 0.25) is 0 Å². The molecule has 0 bridgehead atoms. The number of aromatic nitrogens is 2. The summed E-state index contributed by atoms with van der Waals surface area (Å²) in [5, 5.41) is 6.93. The zero-order valence-electron chi connectivity index (χ0n) is 16.1. The Morgan fingerprint density at radius 3 is 2.37 bits per heavy atom. The molecule has 0 unspecified atom stereocenters. The van der Waals surface area contributed by atoms with Gasteiger partial charge in [-0.25, -0.2) is 4.98 Å². The van der Waals surface area contributed by atoms with E-state index in [1.54, 1.807) is 48.7 Å². The number of rotatable bonds is 4. The van der Waals surface area contributed by atoms with Crippen molar-refractivity contribution in [3.63, 3.8) is 0 Å². The molecule has 1 fully saturated rings. The van der Waals surface area contributed by atoms with Crippen molar-refractivity contribution in [2.24, 2.45) is 0 Å². The maximum atomic E-state index is 13.3. The molecule has 1 aliphatic rings. The molecule has 156 valence electrons. The summed E-state index contributed by atoms with van der Waals surface area (Å²) in [4.78, 5) is 20.1. The van der Waals surface area contributed by atoms with Crippen molar-refractivity contribution in [3.05, 3.63) is 66.1 Å². The van der Waals surface area contributed by atoms with Crippen molar-refractivity contribution in [1.82, 2.24) is 15.3 Å². The Bertz CT molecular complexity index is 1030. The molecule has 0 radical (unpaired) electrons. The molecular formula is C22H21F3N4O. The second-order valence-corrected chi connectivity index (χ2v) is 7.45. The van der Waals surface area contributed by atoms with E-state index >= 15 is 0 Å². The summed E-state index contributed by atoms with van der Waals surface area (Å²) >= 11 is 0. The summed E-state index contributed by atoms with van der Waals surface area (Å²) in [6.45, 7) is 0. The summed E-state index contributed by atoms with van der Waals surface area (Å²) in [5.74, 6) is -0.207. The highest BCUT2D eigenvalue weighted by atomic mass is 19.4. The standard InChI is InChI=1S/C22H21F3N4O/c23-22(24,25)20-13-19(16-5-1-2-6-17(16)29-20)27-14-8-10-15(11-9-14)28-21(30)18-7-3-4-12-26-18/h1-7,12-15H,8-11H2,(H,27,29)(H,28,30). The predicted octanol–water partition coefficient (Wildman–Crippen LogP) is 4.80. The lowest BCUT2D eigenvalue weighted by Gasteiger charge is -2.30. The van der Waals surface area contributed by atoms with Gasteiger partial charge in [0, 0.05) is 29.4 Å². The number of para-hydroxylation sites is 1. The van der Waals surface area contributed by atoms with E-state index in [9.17, 15) is 18.0 Å². The molecule has 0 saturated heterocycles. The number of fused-ring (bicyclic) bond motifs is 1. The van der Waals surface area contributed by atoms with Gasteiger partial charge in [0.1, 0.15) is 11.4 Å². The van der Waals surface area contributed by atoms with Gasteiger partial charge in [-0.05, 0) is 49.9 Å². The molecule has 0 aliphatic heterocycles. The second kappa shape index (κ2) is 8.30. The fraction of sp³-hybridized carbons (Fsp3) is 0.318. The second-order valence-electron chi connectivity index (χ2n) is 7.45. The van der Waals surface area contributed by atoms with Crippen LogP contribution < -0.4 is 10.6 Å². The highest BCUT2D eigenvalue weighted by molar-refractivity contribution is 5.92. The predicted molar refractivity (Wildman–Crippen MR) is 108 cm³/mol. The first-order valence-corrected chi connectivity index (χ1v) is 9.85. The van der Waals surface area contributed by atoms with E-state index in [1.807, 2.05) is 0 Å². The first-order valence-electron chi connectivity index (χ1n) is 9.85. The topological polar surface area (TPSA) is 66.9 Å². The van der Waals surface area contributed by atoms with Crippen molar-refractivity contribution in [1.29, 1.82) is 0 Å². The molecule has 1 saturated carbocycles. The van der Waals surface area contributed by atoms with E-state index in [-0.39, 0.29) is 18.0 Å². The van der Waals surface area contributed by atoms with Crippen molar-refractivity contribution >= 4 is 22.5 Å². The van der Waals surface area contributed by atoms with Crippen molar-refractivity contribution in [2.75, 3.05) is 5.32 Å². The number of benzene rings is 1. The largest absolute Gasteiger partial charge is 0.433 e. The highest BCUT2D eigenvalue weighted by Gasteiger charge is 2.33. The summed E-state index contributed by atoms with van der Waals surface area (Å²) in [5.41, 5.74) is 0.223. The van der Waals surface area contributed by atoms with Crippen LogP contribution in [0.4, 0.5) is 18.9 Å². The number of hydrogen-bond donors (Lipinski definition) is 2. The van der Waals surface area contributed by atoms with Gasteiger partial charge < -0.3 is 10.6 Å². The Hall–Kier alpha value is -3.16. The van der Waals surface area contributed by atoms with Crippen LogP contribution in [0.5, 0.6) is 0 Å². The summed E-state index contributed by atoms with van der Waals surface area (Å²) in [7, 11) is 0. The zero-order valence-corrected chi connectivity index (χ0v) is 16.1. The van der Waals surface area contributed by atoms with Gasteiger partial charge in [0.25, 0.3) is 5.91 Å². The van der Waals surface area contributed by atoms with Crippen molar-refractivity contribution in [3.8, 4) is 0 Å². The highest BCUT2D eigenvalue weighted by Crippen LogP contribution is 2.34. The quantitative estimate of drug-likeness (QED) is 0.644. The fourth-order valence-corrected chi connectivity index (χ4v) is 3.80. The molecule has 0 atom stereocenters. The smallest absolute Gasteiger partial charge is 0.382 e. The minimum Gasteiger partial charge on any atom is -0.382 e. The van der Waals surface area contributed by atoms with Gasteiger partial charge in [0.15, 0.2) is 0 Å². The summed E-state index contributed by atoms with van der Waals surface area (Å²) in [6.07, 6.45) is 0.0327. The Morgan fingerprint density at radius 2 is 1.67 bits per heavy atom. The van der Waals surface area contributed by atoms with E-state index < -0.39 is 11.9 Å². The Balaban J connectivity index is 1.43. The molecule has 2 heterocycles. The van der Waals surface area contributed by atoms with Crippen LogP contribution in [0.2, 0.25) is 0 Å². The molecule has 4 rings (SSSR count). The van der Waals surface area contributed by atoms with Crippen molar-refractivity contribution < 1.29 is 18.0 Å². The first kappa shape index (κ1) is 20.1. The zero-order chi connectivity index (χ0) is 21.1. The molecule has 5 nitrogen and oxygen atoms in total. The molecule has 3 aromatic rings. The van der Waals surface area contributed by atoms with E-state index in [0.29, 0.717) is 22.3 Å². The van der Waals surface area contributed by atoms with Crippen LogP contribution in [0.1, 0.15) is 41.9 Å². The molecule has 1 amide bonds. The van der Waals surface area contributed by atoms with Gasteiger partial charge in [-0.15, -0.1) is 0 Å². The van der Waals surface area contributed by atoms with Crippen LogP contribution in [-0.4, -0.2) is 28.0 Å². The molecule has 2 N–H and O–H groups in total. The average molecular weight is 414 g/mol. The number of pyridine rings is 2. The summed E-state index contributed by atoms with van der Waals surface area (Å²) < 4.78 is 39.8. The van der Waals surface area contributed by atoms with Crippen LogP contribution in [0.15, 0.2) is 54.7 Å². The Morgan fingerprint density at radius 1 is 0.967 bits per heavy atom. The number of nitrogens with one attached hydrogen (secondary N) is 2. The number of nitrogens with zero attached hydrogens (tertiary/aromatic N) is 2. The van der Waals surface area contributed by atoms with Gasteiger partial charge in [-0.1, -0.05) is 24.3 Å². The van der Waals surface area contributed by atoms with Gasteiger partial charge in [0.05, 0.1) is 5.52 Å². The lowest BCUT2D eigenvalue weighted by molar-refractivity contribution is -0.140. The maximum Gasteiger partial charge on any atom is 0.433 e. The van der Waals surface area contributed by atoms with Gasteiger partial charge in [-0.2, -0.15) is 13.2 Å². The molecule has 30 heavy (non-hydrogen) atoms. The number of amides is 1. The number of hydrogen-bond acceptors (Lipinski definition) is 4. The molecule has 0 spiro atoms. The normalized spacial score (nSPS) is 19.4. The summed E-state index contributed by atoms with van der Waals surface area (Å²) in [6, 6.07) is 13.1. The van der Waals surface area contributed by atoms with E-state index in [4.69, 9.17) is 0 Å². The Kier molecular flexibility index (Phi) is 5.57. The first-order chi connectivity index (χ1) is 14.4. The van der Waals surface area contributed by atoms with E-state index in [1.165, 1.54) is 0 Å². The number of carbonyl (C=O) groups excluding carboxylic acids is 1. The van der Waals surface area contributed by atoms with Gasteiger partial charge >= 0.3 is 6.18 Å². The minimum absolute atomic E-state index is 0.0254. The third-order valence-electron chi connectivity index (χ3n) is 5.33. The van der Waals surface area contributed by atoms with Gasteiger partial charge in [-0.3, -0.25) is 9.78 Å². The van der Waals surface area contributed by atoms with E-state index in [0.717, 1.165) is 31.7 Å². The average Bonchev–Trinajstić information content (AvgIpc) is 2.75. The van der Waals surface area contributed by atoms with E-state index in [2.05, 4.69) is 20.6 Å². The monoisotopic (exact) mass is 414 g/mol. The molecule has 1 aliphatic carbocycles. The molecule has 1 aromatic carbocycles. The van der Waals surface area contributed by atoms with Crippen LogP contribution in [0.25, 0.3) is 10.9 Å². The third kappa shape index (κ3) is 4.53. The van der Waals surface area contributed by atoms with Crippen molar-refractivity contribution in [2.45, 2.75) is 43.9 Å². The number of alkyl halides is 3. The minimum atomic E-state index is -4.51. The SMILES string of the molecule is O=C(NC1CCC(Nc2cc(C(F)(F)F)nc3ccccc23)CC1)c1ccccn1. The number of anilines is 1. The Labute approximate surface area is 171 Å². The molecular weight excluding hydrogens is 393 g/mol. The third-order valence-corrected chi connectivity index (χ3v) is 5.33. The van der Waals surface area contributed by atoms with Crippen LogP contribution in [0, 0.1) is 0 Å². The van der Waals surface area contributed by atoms with Crippen LogP contribution >= 0.6 is 0 Å². The molecule has 2 aromatic heterocycles. The fourth-order valence-electron chi connectivity index (χ4n) is 3.80. The maximum absolute atomic E-state index is 13.3. The lowest BCUT2D eigenvalue weighted by atomic mass is 9.90.